The third-order valence-corrected chi connectivity index (χ3v) is 7.20. The Morgan fingerprint density at radius 2 is 2.08 bits per heavy atom. The molecule has 0 fully saturated rings. The normalized spacial score (nSPS) is 13.8. The molecule has 1 atom stereocenters. The van der Waals surface area contributed by atoms with Crippen LogP contribution < -0.4 is 9.82 Å². The van der Waals surface area contributed by atoms with Crippen molar-refractivity contribution in [3.63, 3.8) is 0 Å². The largest absolute Gasteiger partial charge is 0.485 e. The van der Waals surface area contributed by atoms with E-state index in [9.17, 15) is 4.57 Å². The maximum atomic E-state index is 12.6. The number of hydrogen-bond acceptors (Lipinski definition) is 7. The molecule has 2 rings (SSSR count). The van der Waals surface area contributed by atoms with Gasteiger partial charge in [0, 0.05) is 11.1 Å². The second-order valence-corrected chi connectivity index (χ2v) is 10.0. The van der Waals surface area contributed by atoms with Gasteiger partial charge in [0.25, 0.3) is 0 Å². The minimum Gasteiger partial charge on any atom is -0.485 e. The topological polar surface area (TPSA) is 86.5 Å². The predicted octanol–water partition coefficient (Wildman–Crippen LogP) is 4.68. The molecule has 0 amide bonds. The van der Waals surface area contributed by atoms with E-state index in [2.05, 4.69) is 15.2 Å². The lowest BCUT2D eigenvalue weighted by molar-refractivity contribution is 0.285. The third-order valence-electron chi connectivity index (χ3n) is 2.77. The first-order valence-corrected chi connectivity index (χ1v) is 11.4. The second kappa shape index (κ2) is 9.59. The van der Waals surface area contributed by atoms with E-state index in [0.717, 1.165) is 11.4 Å². The highest BCUT2D eigenvalue weighted by Gasteiger charge is 2.25. The van der Waals surface area contributed by atoms with Crippen molar-refractivity contribution < 1.29 is 18.3 Å². The number of nitrogens with one attached hydrogen (secondary N) is 1. The first-order chi connectivity index (χ1) is 11.9. The number of nitrogens with zero attached hydrogens (tertiary/aromatic N) is 2. The number of benzene rings is 1. The van der Waals surface area contributed by atoms with Crippen LogP contribution in [0.25, 0.3) is 0 Å². The van der Waals surface area contributed by atoms with Crippen LogP contribution in [-0.4, -0.2) is 22.8 Å². The molecular weight excluding hydrogens is 385 g/mol. The van der Waals surface area contributed by atoms with Crippen LogP contribution in [0.2, 0.25) is 5.02 Å². The molecule has 1 aromatic carbocycles. The number of aromatic nitrogens is 2. The Morgan fingerprint density at radius 1 is 1.36 bits per heavy atom. The summed E-state index contributed by atoms with van der Waals surface area (Å²) in [5.41, 5.74) is 0. The van der Waals surface area contributed by atoms with E-state index in [0.29, 0.717) is 29.1 Å². The van der Waals surface area contributed by atoms with Crippen molar-refractivity contribution in [3.8, 4) is 5.75 Å². The van der Waals surface area contributed by atoms with Gasteiger partial charge in [0.05, 0.1) is 12.4 Å². The van der Waals surface area contributed by atoms with Gasteiger partial charge in [-0.15, -0.1) is 0 Å². The van der Waals surface area contributed by atoms with E-state index in [4.69, 9.17) is 25.4 Å². The summed E-state index contributed by atoms with van der Waals surface area (Å²) in [5, 5.41) is 7.45. The van der Waals surface area contributed by atoms with Gasteiger partial charge in [-0.1, -0.05) is 16.8 Å². The minimum atomic E-state index is -3.00. The summed E-state index contributed by atoms with van der Waals surface area (Å²) < 4.78 is 28.7. The molecule has 25 heavy (non-hydrogen) atoms. The van der Waals surface area contributed by atoms with Gasteiger partial charge < -0.3 is 13.8 Å². The van der Waals surface area contributed by atoms with Crippen molar-refractivity contribution in [1.29, 1.82) is 0 Å². The smallest absolute Gasteiger partial charge is 0.327 e. The molecule has 1 N–H and O–H groups in total. The van der Waals surface area contributed by atoms with Crippen LogP contribution in [0.3, 0.4) is 0 Å². The highest BCUT2D eigenvalue weighted by Crippen LogP contribution is 2.57. The molecule has 0 aliphatic heterocycles. The number of hydrogen-bond donors (Lipinski definition) is 1. The molecule has 1 aromatic heterocycles. The van der Waals surface area contributed by atoms with E-state index in [1.807, 2.05) is 13.8 Å². The summed E-state index contributed by atoms with van der Waals surface area (Å²) in [7, 11) is 0. The van der Waals surface area contributed by atoms with Crippen LogP contribution in [0, 0.1) is 0 Å². The molecule has 0 bridgehead atoms. The van der Waals surface area contributed by atoms with Gasteiger partial charge in [0.1, 0.15) is 5.75 Å². The Labute approximate surface area is 156 Å². The van der Waals surface area contributed by atoms with Gasteiger partial charge in [-0.2, -0.15) is 4.98 Å². The summed E-state index contributed by atoms with van der Waals surface area (Å²) >= 11 is 6.95. The lowest BCUT2D eigenvalue weighted by Gasteiger charge is -2.19. The van der Waals surface area contributed by atoms with E-state index in [-0.39, 0.29) is 18.4 Å². The Morgan fingerprint density at radius 3 is 2.72 bits per heavy atom. The molecule has 0 spiro atoms. The zero-order valence-corrected chi connectivity index (χ0v) is 16.7. The lowest BCUT2D eigenvalue weighted by Crippen LogP contribution is -2.19. The molecule has 138 valence electrons. The Hall–Kier alpha value is -1.05. The van der Waals surface area contributed by atoms with Crippen LogP contribution >= 0.6 is 29.7 Å². The van der Waals surface area contributed by atoms with Crippen LogP contribution in [0.4, 0.5) is 0 Å². The van der Waals surface area contributed by atoms with E-state index < -0.39 is 6.72 Å². The molecule has 0 radical (unpaired) electrons. The number of halogens is 1. The zero-order valence-electron chi connectivity index (χ0n) is 14.3. The van der Waals surface area contributed by atoms with Crippen LogP contribution in [0.5, 0.6) is 5.75 Å². The molecule has 1 unspecified atom stereocenters. The maximum Gasteiger partial charge on any atom is 0.327 e. The molecular formula is C15H21ClN3O4PS. The van der Waals surface area contributed by atoms with E-state index in [1.54, 1.807) is 31.2 Å². The SMILES string of the molecule is CCOP(=O)(NC(C)C)SCc1nc(COc2ccc(Cl)cc2)no1. The maximum absolute atomic E-state index is 12.6. The van der Waals surface area contributed by atoms with Crippen molar-refractivity contribution in [3.05, 3.63) is 41.0 Å². The molecule has 10 heteroatoms. The molecule has 0 aliphatic carbocycles. The van der Waals surface area contributed by atoms with Crippen LogP contribution in [-0.2, 0) is 21.4 Å². The summed E-state index contributed by atoms with van der Waals surface area (Å²) in [5.74, 6) is 1.72. The Kier molecular flexibility index (Phi) is 7.78. The summed E-state index contributed by atoms with van der Waals surface area (Å²) in [6, 6.07) is 7.03. The fourth-order valence-corrected chi connectivity index (χ4v) is 5.78. The Bertz CT molecular complexity index is 711. The van der Waals surface area contributed by atoms with Gasteiger partial charge in [-0.3, -0.25) is 4.57 Å². The molecule has 0 saturated heterocycles. The van der Waals surface area contributed by atoms with Gasteiger partial charge in [-0.25, -0.2) is 5.09 Å². The average molecular weight is 406 g/mol. The fourth-order valence-electron chi connectivity index (χ4n) is 1.82. The summed E-state index contributed by atoms with van der Waals surface area (Å²) in [6.07, 6.45) is 0. The number of rotatable bonds is 10. The van der Waals surface area contributed by atoms with Gasteiger partial charge in [0.15, 0.2) is 6.61 Å². The van der Waals surface area contributed by atoms with Crippen LogP contribution in [0.1, 0.15) is 32.5 Å². The first kappa shape index (κ1) is 20.3. The van der Waals surface area contributed by atoms with Crippen LogP contribution in [0.15, 0.2) is 28.8 Å². The highest BCUT2D eigenvalue weighted by atomic mass is 35.5. The highest BCUT2D eigenvalue weighted by molar-refractivity contribution is 8.55. The van der Waals surface area contributed by atoms with Crippen molar-refractivity contribution in [2.24, 2.45) is 0 Å². The third kappa shape index (κ3) is 6.99. The quantitative estimate of drug-likeness (QED) is 0.570. The molecule has 7 nitrogen and oxygen atoms in total. The summed E-state index contributed by atoms with van der Waals surface area (Å²) in [6.45, 7) is 3.14. The van der Waals surface area contributed by atoms with Crippen molar-refractivity contribution in [1.82, 2.24) is 15.2 Å². The van der Waals surface area contributed by atoms with E-state index in [1.165, 1.54) is 0 Å². The molecule has 0 aliphatic rings. The fraction of sp³-hybridized carbons (Fsp3) is 0.467. The molecule has 1 heterocycles. The van der Waals surface area contributed by atoms with Crippen molar-refractivity contribution in [2.75, 3.05) is 6.61 Å². The van der Waals surface area contributed by atoms with Gasteiger partial charge in [0.2, 0.25) is 11.7 Å². The zero-order chi connectivity index (χ0) is 18.3. The van der Waals surface area contributed by atoms with Crippen molar-refractivity contribution in [2.45, 2.75) is 39.2 Å². The molecule has 0 saturated carbocycles. The minimum absolute atomic E-state index is 0.0379. The average Bonchev–Trinajstić information content (AvgIpc) is 3.00. The van der Waals surface area contributed by atoms with Crippen molar-refractivity contribution >= 4 is 29.7 Å². The summed E-state index contributed by atoms with van der Waals surface area (Å²) in [4.78, 5) is 4.23. The van der Waals surface area contributed by atoms with E-state index >= 15 is 0 Å². The predicted molar refractivity (Wildman–Crippen MR) is 98.9 cm³/mol. The monoisotopic (exact) mass is 405 g/mol. The first-order valence-electron chi connectivity index (χ1n) is 7.77. The second-order valence-electron chi connectivity index (χ2n) is 5.32. The van der Waals surface area contributed by atoms with Gasteiger partial charge >= 0.3 is 6.72 Å². The van der Waals surface area contributed by atoms with Gasteiger partial charge in [-0.05, 0) is 56.4 Å². The lowest BCUT2D eigenvalue weighted by atomic mass is 10.3. The standard InChI is InChI=1S/C15H21ClN3O4PS/c1-4-22-24(20,19-11(2)3)25-10-15-17-14(18-23-15)9-21-13-7-5-12(16)6-8-13/h5-8,11H,4,9-10H2,1-3H3,(H,19,20). The molecule has 2 aromatic rings. The number of ether oxygens (including phenoxy) is 1. The Balaban J connectivity index is 1.87.